The first-order valence-corrected chi connectivity index (χ1v) is 2.14. The number of aliphatic hydroxyl groups excluding tert-OH is 1. The van der Waals surface area contributed by atoms with Crippen molar-refractivity contribution in [2.45, 2.75) is 19.4 Å². The van der Waals surface area contributed by atoms with Crippen LogP contribution in [-0.4, -0.2) is 22.5 Å². The molecule has 0 atom stereocenters. The molecule has 0 saturated carbocycles. The van der Waals surface area contributed by atoms with E-state index < -0.39 is 5.54 Å². The summed E-state index contributed by atoms with van der Waals surface area (Å²) in [5.41, 5.74) is 1.39. The van der Waals surface area contributed by atoms with E-state index in [0.717, 1.165) is 0 Å². The van der Waals surface area contributed by atoms with Crippen molar-refractivity contribution in [1.82, 2.24) is 5.48 Å². The van der Waals surface area contributed by atoms with Gasteiger partial charge in [0.1, 0.15) is 0 Å². The second kappa shape index (κ2) is 2.26. The summed E-state index contributed by atoms with van der Waals surface area (Å²) in [6, 6.07) is 0. The van der Waals surface area contributed by atoms with Crippen LogP contribution in [0, 0.1) is 0 Å². The molecule has 0 amide bonds. The predicted molar refractivity (Wildman–Crippen MR) is 26.1 cm³/mol. The van der Waals surface area contributed by atoms with Gasteiger partial charge >= 0.3 is 0 Å². The smallest absolute Gasteiger partial charge is 0.0630 e. The van der Waals surface area contributed by atoms with Crippen molar-refractivity contribution in [3.05, 3.63) is 0 Å². The second-order valence-corrected chi connectivity index (χ2v) is 2.15. The van der Waals surface area contributed by atoms with E-state index in [1.54, 1.807) is 13.8 Å². The Hall–Kier alpha value is -0.120. The van der Waals surface area contributed by atoms with Crippen molar-refractivity contribution in [1.29, 1.82) is 0 Å². The van der Waals surface area contributed by atoms with Crippen molar-refractivity contribution in [2.75, 3.05) is 6.61 Å². The summed E-state index contributed by atoms with van der Waals surface area (Å²) >= 11 is 0. The van der Waals surface area contributed by atoms with Crippen LogP contribution < -0.4 is 5.48 Å². The minimum absolute atomic E-state index is 0.0660. The van der Waals surface area contributed by atoms with Gasteiger partial charge in [0.2, 0.25) is 0 Å². The number of hydrogen-bond donors (Lipinski definition) is 3. The Morgan fingerprint density at radius 2 is 2.00 bits per heavy atom. The minimum atomic E-state index is -0.556. The summed E-state index contributed by atoms with van der Waals surface area (Å²) in [6.45, 7) is 3.31. The van der Waals surface area contributed by atoms with E-state index in [1.807, 2.05) is 5.48 Å². The molecule has 0 fully saturated rings. The van der Waals surface area contributed by atoms with Gasteiger partial charge < -0.3 is 10.3 Å². The van der Waals surface area contributed by atoms with Gasteiger partial charge in [-0.1, -0.05) is 0 Å². The third-order valence-corrected chi connectivity index (χ3v) is 0.698. The lowest BCUT2D eigenvalue weighted by atomic mass is 10.1. The molecule has 0 saturated heterocycles. The molecule has 0 radical (unpaired) electrons. The molecular formula is C4H11NO2. The highest BCUT2D eigenvalue weighted by molar-refractivity contribution is 4.69. The van der Waals surface area contributed by atoms with E-state index in [-0.39, 0.29) is 6.61 Å². The van der Waals surface area contributed by atoms with Crippen LogP contribution in [0.4, 0.5) is 0 Å². The van der Waals surface area contributed by atoms with Crippen LogP contribution in [0.25, 0.3) is 0 Å². The topological polar surface area (TPSA) is 52.5 Å². The van der Waals surface area contributed by atoms with Gasteiger partial charge in [0, 0.05) is 0 Å². The molecule has 0 spiro atoms. The summed E-state index contributed by atoms with van der Waals surface area (Å²) in [5.74, 6) is 0. The zero-order valence-corrected chi connectivity index (χ0v) is 4.60. The number of nitrogens with one attached hydrogen (secondary N) is 1. The molecule has 0 aromatic carbocycles. The molecule has 0 aliphatic heterocycles. The maximum atomic E-state index is 8.37. The molecule has 0 aliphatic rings. The lowest BCUT2D eigenvalue weighted by molar-refractivity contribution is 0.0434. The molecule has 44 valence electrons. The summed E-state index contributed by atoms with van der Waals surface area (Å²) in [5, 5.41) is 16.6. The minimum Gasteiger partial charge on any atom is -0.394 e. The fourth-order valence-corrected chi connectivity index (χ4v) is 0.0354. The molecule has 3 N–H and O–H groups in total. The molecule has 3 heteroatoms. The summed E-state index contributed by atoms with van der Waals surface area (Å²) in [7, 11) is 0. The van der Waals surface area contributed by atoms with Gasteiger partial charge in [0.25, 0.3) is 0 Å². The molecule has 0 unspecified atom stereocenters. The van der Waals surface area contributed by atoms with Crippen molar-refractivity contribution < 1.29 is 10.3 Å². The quantitative estimate of drug-likeness (QED) is 0.424. The second-order valence-electron chi connectivity index (χ2n) is 2.15. The van der Waals surface area contributed by atoms with Gasteiger partial charge in [-0.25, -0.2) is 0 Å². The molecule has 0 heterocycles. The highest BCUT2D eigenvalue weighted by Gasteiger charge is 2.12. The Kier molecular flexibility index (Phi) is 2.22. The fourth-order valence-electron chi connectivity index (χ4n) is 0.0354. The maximum Gasteiger partial charge on any atom is 0.0630 e. The van der Waals surface area contributed by atoms with E-state index in [0.29, 0.717) is 0 Å². The summed E-state index contributed by atoms with van der Waals surface area (Å²) in [6.07, 6.45) is 0. The third-order valence-electron chi connectivity index (χ3n) is 0.698. The standard InChI is InChI=1S/C4H11NO2/c1-4(2,3-6)5-7/h5-7H,3H2,1-2H3. The maximum absolute atomic E-state index is 8.37. The number of hydroxylamine groups is 1. The molecular weight excluding hydrogens is 94.0 g/mol. The number of rotatable bonds is 2. The van der Waals surface area contributed by atoms with Gasteiger partial charge in [-0.2, -0.15) is 5.48 Å². The van der Waals surface area contributed by atoms with Gasteiger partial charge in [0.05, 0.1) is 12.1 Å². The molecule has 0 bridgehead atoms. The van der Waals surface area contributed by atoms with Gasteiger partial charge in [-0.3, -0.25) is 0 Å². The van der Waals surface area contributed by atoms with Crippen LogP contribution in [-0.2, 0) is 0 Å². The lowest BCUT2D eigenvalue weighted by Crippen LogP contribution is -2.40. The Balaban J connectivity index is 3.36. The Morgan fingerprint density at radius 3 is 2.00 bits per heavy atom. The normalized spacial score (nSPS) is 12.0. The predicted octanol–water partition coefficient (Wildman–Crippen LogP) is -0.264. The number of hydrogen-bond acceptors (Lipinski definition) is 3. The van der Waals surface area contributed by atoms with Crippen molar-refractivity contribution >= 4 is 0 Å². The highest BCUT2D eigenvalue weighted by Crippen LogP contribution is 1.95. The zero-order valence-electron chi connectivity index (χ0n) is 4.60. The summed E-state index contributed by atoms with van der Waals surface area (Å²) < 4.78 is 0. The van der Waals surface area contributed by atoms with Crippen LogP contribution in [0.3, 0.4) is 0 Å². The van der Waals surface area contributed by atoms with Gasteiger partial charge in [-0.05, 0) is 13.8 Å². The van der Waals surface area contributed by atoms with E-state index in [4.69, 9.17) is 10.3 Å². The molecule has 0 aromatic rings. The fraction of sp³-hybridized carbons (Fsp3) is 1.00. The van der Waals surface area contributed by atoms with Crippen molar-refractivity contribution in [2.24, 2.45) is 0 Å². The van der Waals surface area contributed by atoms with E-state index in [2.05, 4.69) is 0 Å². The SMILES string of the molecule is CC(C)(CO)NO. The molecule has 0 rings (SSSR count). The molecule has 0 aromatic heterocycles. The average Bonchev–Trinajstić information content (AvgIpc) is 1.68. The Morgan fingerprint density at radius 1 is 1.57 bits per heavy atom. The monoisotopic (exact) mass is 105 g/mol. The van der Waals surface area contributed by atoms with Crippen molar-refractivity contribution in [3.63, 3.8) is 0 Å². The average molecular weight is 105 g/mol. The zero-order chi connectivity index (χ0) is 5.91. The molecule has 3 nitrogen and oxygen atoms in total. The first-order valence-electron chi connectivity index (χ1n) is 2.14. The first kappa shape index (κ1) is 6.88. The first-order chi connectivity index (χ1) is 3.12. The molecule has 0 aliphatic carbocycles. The largest absolute Gasteiger partial charge is 0.394 e. The van der Waals surface area contributed by atoms with Gasteiger partial charge in [0.15, 0.2) is 0 Å². The number of aliphatic hydroxyl groups is 1. The van der Waals surface area contributed by atoms with E-state index >= 15 is 0 Å². The van der Waals surface area contributed by atoms with E-state index in [1.165, 1.54) is 0 Å². The summed E-state index contributed by atoms with van der Waals surface area (Å²) in [4.78, 5) is 0. The van der Waals surface area contributed by atoms with Gasteiger partial charge in [-0.15, -0.1) is 0 Å². The van der Waals surface area contributed by atoms with Crippen LogP contribution in [0.5, 0.6) is 0 Å². The van der Waals surface area contributed by atoms with Crippen molar-refractivity contribution in [3.8, 4) is 0 Å². The third kappa shape index (κ3) is 2.56. The Bertz CT molecular complexity index is 47.7. The van der Waals surface area contributed by atoms with E-state index in [9.17, 15) is 0 Å². The van der Waals surface area contributed by atoms with Crippen LogP contribution >= 0.6 is 0 Å². The highest BCUT2D eigenvalue weighted by atomic mass is 16.5. The lowest BCUT2D eigenvalue weighted by Gasteiger charge is -2.17. The van der Waals surface area contributed by atoms with Crippen LogP contribution in [0.15, 0.2) is 0 Å². The Labute approximate surface area is 42.9 Å². The van der Waals surface area contributed by atoms with Crippen LogP contribution in [0.2, 0.25) is 0 Å². The van der Waals surface area contributed by atoms with Crippen LogP contribution in [0.1, 0.15) is 13.8 Å². The molecule has 7 heavy (non-hydrogen) atoms.